The molecule has 13 heavy (non-hydrogen) atoms. The van der Waals surface area contributed by atoms with E-state index in [2.05, 4.69) is 38.1 Å². The summed E-state index contributed by atoms with van der Waals surface area (Å²) in [6.45, 7) is 11.6. The van der Waals surface area contributed by atoms with Gasteiger partial charge in [0.1, 0.15) is 0 Å². The third kappa shape index (κ3) is 4.71. The van der Waals surface area contributed by atoms with Crippen LogP contribution in [0.4, 0.5) is 0 Å². The first kappa shape index (κ1) is 12.2. The van der Waals surface area contributed by atoms with Crippen molar-refractivity contribution in [2.75, 3.05) is 0 Å². The summed E-state index contributed by atoms with van der Waals surface area (Å²) in [6, 6.07) is 2.09. The van der Waals surface area contributed by atoms with Gasteiger partial charge in [0.25, 0.3) is 0 Å². The second kappa shape index (κ2) is 6.70. The van der Waals surface area contributed by atoms with Crippen molar-refractivity contribution < 1.29 is 0 Å². The lowest BCUT2D eigenvalue weighted by atomic mass is 10.2. The Hall–Kier alpha value is -0.790. The van der Waals surface area contributed by atoms with Gasteiger partial charge in [-0.25, -0.2) is 0 Å². The van der Waals surface area contributed by atoms with E-state index >= 15 is 0 Å². The van der Waals surface area contributed by atoms with Crippen molar-refractivity contribution in [3.63, 3.8) is 0 Å². The first-order valence-electron chi connectivity index (χ1n) is 5.24. The Morgan fingerprint density at radius 2 is 2.00 bits per heavy atom. The maximum atomic E-state index is 4.39. The SMILES string of the molecule is CC.CCc1ccn(CC(C)C)n1. The molecule has 0 amide bonds. The van der Waals surface area contributed by atoms with Gasteiger partial charge in [0, 0.05) is 12.7 Å². The van der Waals surface area contributed by atoms with Gasteiger partial charge < -0.3 is 0 Å². The van der Waals surface area contributed by atoms with Crippen LogP contribution in [0.25, 0.3) is 0 Å². The van der Waals surface area contributed by atoms with Gasteiger partial charge in [-0.1, -0.05) is 34.6 Å². The van der Waals surface area contributed by atoms with Crippen LogP contribution in [-0.2, 0) is 13.0 Å². The molecule has 1 rings (SSSR count). The minimum atomic E-state index is 0.680. The second-order valence-electron chi connectivity index (χ2n) is 3.28. The summed E-state index contributed by atoms with van der Waals surface area (Å²) < 4.78 is 2.02. The topological polar surface area (TPSA) is 17.8 Å². The van der Waals surface area contributed by atoms with Crippen molar-refractivity contribution in [1.29, 1.82) is 0 Å². The number of rotatable bonds is 3. The summed E-state index contributed by atoms with van der Waals surface area (Å²) in [5.41, 5.74) is 1.19. The first-order valence-corrected chi connectivity index (χ1v) is 5.24. The zero-order valence-corrected chi connectivity index (χ0v) is 9.54. The molecular formula is C11H22N2. The predicted molar refractivity (Wildman–Crippen MR) is 57.8 cm³/mol. The molecule has 0 aliphatic carbocycles. The van der Waals surface area contributed by atoms with E-state index in [9.17, 15) is 0 Å². The van der Waals surface area contributed by atoms with Crippen LogP contribution in [0.1, 0.15) is 40.3 Å². The summed E-state index contributed by atoms with van der Waals surface area (Å²) in [5, 5.41) is 4.39. The lowest BCUT2D eigenvalue weighted by molar-refractivity contribution is 0.480. The van der Waals surface area contributed by atoms with Gasteiger partial charge in [0.15, 0.2) is 0 Å². The highest BCUT2D eigenvalue weighted by atomic mass is 15.3. The lowest BCUT2D eigenvalue weighted by Crippen LogP contribution is -2.04. The molecule has 0 aromatic carbocycles. The summed E-state index contributed by atoms with van der Waals surface area (Å²) in [7, 11) is 0. The number of hydrogen-bond donors (Lipinski definition) is 0. The van der Waals surface area contributed by atoms with Gasteiger partial charge in [-0.15, -0.1) is 0 Å². The zero-order chi connectivity index (χ0) is 10.3. The van der Waals surface area contributed by atoms with E-state index in [4.69, 9.17) is 0 Å². The van der Waals surface area contributed by atoms with Crippen LogP contribution in [-0.4, -0.2) is 9.78 Å². The Labute approximate surface area is 82.0 Å². The number of nitrogens with zero attached hydrogens (tertiary/aromatic N) is 2. The van der Waals surface area contributed by atoms with E-state index in [1.807, 2.05) is 18.5 Å². The van der Waals surface area contributed by atoms with Gasteiger partial charge in [0.05, 0.1) is 5.69 Å². The van der Waals surface area contributed by atoms with Crippen molar-refractivity contribution in [3.05, 3.63) is 18.0 Å². The Bertz CT molecular complexity index is 214. The van der Waals surface area contributed by atoms with E-state index in [1.165, 1.54) is 5.69 Å². The van der Waals surface area contributed by atoms with Gasteiger partial charge in [-0.2, -0.15) is 5.10 Å². The summed E-state index contributed by atoms with van der Waals surface area (Å²) in [5.74, 6) is 0.680. The van der Waals surface area contributed by atoms with Gasteiger partial charge in [-0.3, -0.25) is 4.68 Å². The average molecular weight is 182 g/mol. The molecule has 0 N–H and O–H groups in total. The molecule has 0 atom stereocenters. The molecule has 1 aromatic rings. The van der Waals surface area contributed by atoms with E-state index in [0.717, 1.165) is 13.0 Å². The fraction of sp³-hybridized carbons (Fsp3) is 0.727. The molecule has 76 valence electrons. The molecule has 0 aliphatic heterocycles. The van der Waals surface area contributed by atoms with Crippen molar-refractivity contribution in [3.8, 4) is 0 Å². The molecule has 0 bridgehead atoms. The van der Waals surface area contributed by atoms with Crippen LogP contribution < -0.4 is 0 Å². The smallest absolute Gasteiger partial charge is 0.0621 e. The van der Waals surface area contributed by atoms with E-state index in [1.54, 1.807) is 0 Å². The normalized spacial score (nSPS) is 9.69. The standard InChI is InChI=1S/C9H16N2.C2H6/c1-4-9-5-6-11(10-9)7-8(2)3;1-2/h5-6,8H,4,7H2,1-3H3;1-2H3. The third-order valence-electron chi connectivity index (χ3n) is 1.61. The monoisotopic (exact) mass is 182 g/mol. The largest absolute Gasteiger partial charge is 0.272 e. The fourth-order valence-corrected chi connectivity index (χ4v) is 1.07. The van der Waals surface area contributed by atoms with Crippen LogP contribution in [0.3, 0.4) is 0 Å². The Kier molecular flexibility index (Phi) is 6.29. The lowest BCUT2D eigenvalue weighted by Gasteiger charge is -2.03. The minimum Gasteiger partial charge on any atom is -0.272 e. The van der Waals surface area contributed by atoms with Gasteiger partial charge in [-0.05, 0) is 18.4 Å². The van der Waals surface area contributed by atoms with Gasteiger partial charge in [0.2, 0.25) is 0 Å². The van der Waals surface area contributed by atoms with Crippen LogP contribution in [0.15, 0.2) is 12.3 Å². The summed E-state index contributed by atoms with van der Waals surface area (Å²) >= 11 is 0. The Morgan fingerprint density at radius 3 is 2.38 bits per heavy atom. The van der Waals surface area contributed by atoms with Crippen molar-refractivity contribution in [2.45, 2.75) is 47.6 Å². The van der Waals surface area contributed by atoms with Crippen molar-refractivity contribution >= 4 is 0 Å². The maximum absolute atomic E-state index is 4.39. The van der Waals surface area contributed by atoms with Crippen molar-refractivity contribution in [1.82, 2.24) is 9.78 Å². The molecule has 0 spiro atoms. The zero-order valence-electron chi connectivity index (χ0n) is 9.54. The highest BCUT2D eigenvalue weighted by molar-refractivity contribution is 4.97. The van der Waals surface area contributed by atoms with E-state index in [-0.39, 0.29) is 0 Å². The van der Waals surface area contributed by atoms with E-state index in [0.29, 0.717) is 5.92 Å². The highest BCUT2D eigenvalue weighted by Crippen LogP contribution is 2.00. The molecule has 0 unspecified atom stereocenters. The van der Waals surface area contributed by atoms with Crippen LogP contribution in [0.5, 0.6) is 0 Å². The summed E-state index contributed by atoms with van der Waals surface area (Å²) in [6.07, 6.45) is 3.09. The first-order chi connectivity index (χ1) is 6.22. The molecular weight excluding hydrogens is 160 g/mol. The Morgan fingerprint density at radius 1 is 1.38 bits per heavy atom. The Balaban J connectivity index is 0.000000671. The highest BCUT2D eigenvalue weighted by Gasteiger charge is 1.98. The van der Waals surface area contributed by atoms with Gasteiger partial charge >= 0.3 is 0 Å². The molecule has 0 fully saturated rings. The number of aryl methyl sites for hydroxylation is 1. The fourth-order valence-electron chi connectivity index (χ4n) is 1.07. The van der Waals surface area contributed by atoms with Crippen LogP contribution in [0, 0.1) is 5.92 Å². The molecule has 0 saturated heterocycles. The third-order valence-corrected chi connectivity index (χ3v) is 1.61. The molecule has 1 aromatic heterocycles. The van der Waals surface area contributed by atoms with Crippen molar-refractivity contribution in [2.24, 2.45) is 5.92 Å². The molecule has 2 heteroatoms. The molecule has 2 nitrogen and oxygen atoms in total. The van der Waals surface area contributed by atoms with Crippen LogP contribution in [0.2, 0.25) is 0 Å². The molecule has 0 saturated carbocycles. The van der Waals surface area contributed by atoms with E-state index < -0.39 is 0 Å². The molecule has 0 aliphatic rings. The second-order valence-corrected chi connectivity index (χ2v) is 3.28. The average Bonchev–Trinajstić information content (AvgIpc) is 2.55. The number of aromatic nitrogens is 2. The number of hydrogen-bond acceptors (Lipinski definition) is 1. The predicted octanol–water partition coefficient (Wildman–Crippen LogP) is 3.13. The van der Waals surface area contributed by atoms with Crippen LogP contribution >= 0.6 is 0 Å². The molecule has 1 heterocycles. The maximum Gasteiger partial charge on any atom is 0.0621 e. The minimum absolute atomic E-state index is 0.680. The molecule has 0 radical (unpaired) electrons. The quantitative estimate of drug-likeness (QED) is 0.702. The summed E-state index contributed by atoms with van der Waals surface area (Å²) in [4.78, 5) is 0.